The number of nitrogens with zero attached hydrogens (tertiary/aromatic N) is 1. The lowest BCUT2D eigenvalue weighted by molar-refractivity contribution is -0.141. The van der Waals surface area contributed by atoms with Crippen LogP contribution in [0.15, 0.2) is 0 Å². The maximum absolute atomic E-state index is 11.6. The average Bonchev–Trinajstić information content (AvgIpc) is 2.35. The molecule has 0 aliphatic carbocycles. The molecule has 3 atom stereocenters. The molecule has 1 aliphatic heterocycles. The predicted molar refractivity (Wildman–Crippen MR) is 70.0 cm³/mol. The highest BCUT2D eigenvalue weighted by molar-refractivity contribution is 5.76. The Balaban J connectivity index is 2.25. The van der Waals surface area contributed by atoms with Crippen LogP contribution in [0.4, 0.5) is 4.79 Å². The fourth-order valence-corrected chi connectivity index (χ4v) is 1.79. The van der Waals surface area contributed by atoms with E-state index >= 15 is 0 Å². The predicted octanol–water partition coefficient (Wildman–Crippen LogP) is -0.275. The number of nitrogens with one attached hydrogen (secondary N) is 2. The molecule has 1 rings (SSSR count). The number of carbonyl (C=O) groups is 2. The Bertz CT molecular complexity index is 324. The maximum Gasteiger partial charge on any atom is 0.315 e. The van der Waals surface area contributed by atoms with E-state index in [2.05, 4.69) is 15.5 Å². The monoisotopic (exact) mass is 273 g/mol. The number of morpholine rings is 1. The van der Waals surface area contributed by atoms with Crippen molar-refractivity contribution in [2.75, 3.05) is 33.3 Å². The van der Waals surface area contributed by atoms with Crippen molar-refractivity contribution in [2.24, 2.45) is 5.92 Å². The van der Waals surface area contributed by atoms with Crippen LogP contribution in [-0.2, 0) is 9.53 Å². The van der Waals surface area contributed by atoms with Gasteiger partial charge in [-0.15, -0.1) is 0 Å². The van der Waals surface area contributed by atoms with E-state index in [1.54, 1.807) is 13.8 Å². The van der Waals surface area contributed by atoms with Gasteiger partial charge in [-0.1, -0.05) is 0 Å². The minimum atomic E-state index is -0.926. The number of likely N-dealkylation sites (N-methyl/N-ethyl adjacent to an activating group) is 1. The van der Waals surface area contributed by atoms with Gasteiger partial charge >= 0.3 is 12.0 Å². The number of amides is 2. The van der Waals surface area contributed by atoms with Crippen molar-refractivity contribution in [3.8, 4) is 0 Å². The second-order valence-corrected chi connectivity index (χ2v) is 5.02. The lowest BCUT2D eigenvalue weighted by atomic mass is 10.0. The summed E-state index contributed by atoms with van der Waals surface area (Å²) in [6.07, 6.45) is -0.0169. The first kappa shape index (κ1) is 15.7. The number of carboxylic acids is 1. The van der Waals surface area contributed by atoms with Crippen molar-refractivity contribution < 1.29 is 19.4 Å². The molecule has 0 radical (unpaired) electrons. The van der Waals surface area contributed by atoms with Gasteiger partial charge in [-0.05, 0) is 20.9 Å². The van der Waals surface area contributed by atoms with Crippen molar-refractivity contribution in [1.29, 1.82) is 0 Å². The second-order valence-electron chi connectivity index (χ2n) is 5.02. The standard InChI is InChI=1S/C12H23N3O4/c1-8(11(16)17)9(2)14-12(18)13-6-10-7-15(3)4-5-19-10/h8-10H,4-7H2,1-3H3,(H,16,17)(H2,13,14,18). The summed E-state index contributed by atoms with van der Waals surface area (Å²) in [6.45, 7) is 5.99. The molecule has 7 nitrogen and oxygen atoms in total. The molecule has 2 amide bonds. The van der Waals surface area contributed by atoms with Crippen LogP contribution in [0.5, 0.6) is 0 Å². The Morgan fingerprint density at radius 2 is 2.16 bits per heavy atom. The SMILES string of the molecule is CC(NC(=O)NCC1CN(C)CCO1)C(C)C(=O)O. The van der Waals surface area contributed by atoms with E-state index in [9.17, 15) is 9.59 Å². The maximum atomic E-state index is 11.6. The van der Waals surface area contributed by atoms with Crippen molar-refractivity contribution in [2.45, 2.75) is 26.0 Å². The Labute approximate surface area is 113 Å². The highest BCUT2D eigenvalue weighted by Crippen LogP contribution is 2.03. The van der Waals surface area contributed by atoms with Gasteiger partial charge in [0, 0.05) is 25.7 Å². The van der Waals surface area contributed by atoms with Crippen LogP contribution in [-0.4, -0.2) is 67.4 Å². The number of urea groups is 1. The molecule has 19 heavy (non-hydrogen) atoms. The molecule has 0 spiro atoms. The van der Waals surface area contributed by atoms with Crippen molar-refractivity contribution in [1.82, 2.24) is 15.5 Å². The van der Waals surface area contributed by atoms with E-state index in [-0.39, 0.29) is 12.1 Å². The molecule has 1 saturated heterocycles. The molecule has 1 aliphatic rings. The summed E-state index contributed by atoms with van der Waals surface area (Å²) in [4.78, 5) is 24.5. The van der Waals surface area contributed by atoms with Crippen LogP contribution in [0.1, 0.15) is 13.8 Å². The van der Waals surface area contributed by atoms with E-state index in [4.69, 9.17) is 9.84 Å². The fourth-order valence-electron chi connectivity index (χ4n) is 1.79. The van der Waals surface area contributed by atoms with Crippen LogP contribution >= 0.6 is 0 Å². The van der Waals surface area contributed by atoms with E-state index in [0.717, 1.165) is 13.1 Å². The average molecular weight is 273 g/mol. The molecule has 7 heteroatoms. The molecule has 1 heterocycles. The van der Waals surface area contributed by atoms with Crippen molar-refractivity contribution in [3.63, 3.8) is 0 Å². The highest BCUT2D eigenvalue weighted by atomic mass is 16.5. The van der Waals surface area contributed by atoms with E-state index in [1.807, 2.05) is 7.05 Å². The number of ether oxygens (including phenoxy) is 1. The Morgan fingerprint density at radius 1 is 1.47 bits per heavy atom. The molecule has 0 bridgehead atoms. The molecule has 1 fully saturated rings. The van der Waals surface area contributed by atoms with Crippen LogP contribution < -0.4 is 10.6 Å². The first-order chi connectivity index (χ1) is 8.90. The summed E-state index contributed by atoms with van der Waals surface area (Å²) in [7, 11) is 2.01. The second kappa shape index (κ2) is 7.30. The first-order valence-electron chi connectivity index (χ1n) is 6.47. The van der Waals surface area contributed by atoms with Crippen molar-refractivity contribution >= 4 is 12.0 Å². The number of carboxylic acid groups (broad SMARTS) is 1. The summed E-state index contributed by atoms with van der Waals surface area (Å²) >= 11 is 0. The molecule has 0 aromatic carbocycles. The summed E-state index contributed by atoms with van der Waals surface area (Å²) < 4.78 is 5.51. The van der Waals surface area contributed by atoms with Crippen LogP contribution in [0.3, 0.4) is 0 Å². The van der Waals surface area contributed by atoms with E-state index < -0.39 is 17.9 Å². The number of aliphatic carboxylic acids is 1. The molecule has 110 valence electrons. The minimum absolute atomic E-state index is 0.0169. The smallest absolute Gasteiger partial charge is 0.315 e. The lowest BCUT2D eigenvalue weighted by Gasteiger charge is -2.30. The quantitative estimate of drug-likeness (QED) is 0.641. The zero-order chi connectivity index (χ0) is 14.4. The van der Waals surface area contributed by atoms with Gasteiger partial charge in [-0.2, -0.15) is 0 Å². The molecular weight excluding hydrogens is 250 g/mol. The normalized spacial score (nSPS) is 23.4. The van der Waals surface area contributed by atoms with Gasteiger partial charge in [0.1, 0.15) is 0 Å². The zero-order valence-corrected chi connectivity index (χ0v) is 11.7. The molecule has 0 saturated carbocycles. The number of carbonyl (C=O) groups excluding carboxylic acids is 1. The molecule has 0 aromatic heterocycles. The highest BCUT2D eigenvalue weighted by Gasteiger charge is 2.22. The number of hydrogen-bond donors (Lipinski definition) is 3. The lowest BCUT2D eigenvalue weighted by Crippen LogP contribution is -2.50. The van der Waals surface area contributed by atoms with Gasteiger partial charge in [0.25, 0.3) is 0 Å². The van der Waals surface area contributed by atoms with Crippen molar-refractivity contribution in [3.05, 3.63) is 0 Å². The third-order valence-corrected chi connectivity index (χ3v) is 3.33. The third kappa shape index (κ3) is 5.44. The largest absolute Gasteiger partial charge is 0.481 e. The van der Waals surface area contributed by atoms with Gasteiger partial charge in [0.05, 0.1) is 18.6 Å². The van der Waals surface area contributed by atoms with Crippen LogP contribution in [0, 0.1) is 5.92 Å². The topological polar surface area (TPSA) is 90.9 Å². The molecule has 3 unspecified atom stereocenters. The van der Waals surface area contributed by atoms with Gasteiger partial charge in [-0.3, -0.25) is 4.79 Å². The van der Waals surface area contributed by atoms with E-state index in [0.29, 0.717) is 13.2 Å². The molecular formula is C12H23N3O4. The minimum Gasteiger partial charge on any atom is -0.481 e. The van der Waals surface area contributed by atoms with Gasteiger partial charge < -0.3 is 25.4 Å². The number of hydrogen-bond acceptors (Lipinski definition) is 4. The third-order valence-electron chi connectivity index (χ3n) is 3.33. The summed E-state index contributed by atoms with van der Waals surface area (Å²) in [5.74, 6) is -1.55. The van der Waals surface area contributed by atoms with Crippen LogP contribution in [0.25, 0.3) is 0 Å². The Kier molecular flexibility index (Phi) is 6.04. The van der Waals surface area contributed by atoms with Gasteiger partial charge in [0.15, 0.2) is 0 Å². The number of rotatable bonds is 5. The zero-order valence-electron chi connectivity index (χ0n) is 11.7. The fraction of sp³-hybridized carbons (Fsp3) is 0.833. The Morgan fingerprint density at radius 3 is 2.74 bits per heavy atom. The summed E-state index contributed by atoms with van der Waals surface area (Å²) in [5, 5.41) is 14.1. The Hall–Kier alpha value is -1.34. The summed E-state index contributed by atoms with van der Waals surface area (Å²) in [5.41, 5.74) is 0. The van der Waals surface area contributed by atoms with Crippen LogP contribution in [0.2, 0.25) is 0 Å². The summed E-state index contributed by atoms with van der Waals surface area (Å²) in [6, 6.07) is -0.787. The first-order valence-corrected chi connectivity index (χ1v) is 6.47. The molecule has 0 aromatic rings. The van der Waals surface area contributed by atoms with Gasteiger partial charge in [-0.25, -0.2) is 4.79 Å². The van der Waals surface area contributed by atoms with Gasteiger partial charge in [0.2, 0.25) is 0 Å². The molecule has 3 N–H and O–H groups in total. The van der Waals surface area contributed by atoms with E-state index in [1.165, 1.54) is 0 Å².